The van der Waals surface area contributed by atoms with Crippen LogP contribution in [0, 0.1) is 5.92 Å². The predicted octanol–water partition coefficient (Wildman–Crippen LogP) is 5.77. The molecule has 0 spiro atoms. The first-order chi connectivity index (χ1) is 16.9. The number of carbonyl (C=O) groups is 2. The molecule has 0 saturated heterocycles. The van der Waals surface area contributed by atoms with Crippen molar-refractivity contribution in [2.24, 2.45) is 5.92 Å². The lowest BCUT2D eigenvalue weighted by atomic mass is 10.0. The number of fused-ring (bicyclic) bond motifs is 1. The molecule has 4 rings (SSSR count). The molecule has 0 aliphatic rings. The van der Waals surface area contributed by atoms with Gasteiger partial charge in [-0.05, 0) is 54.6 Å². The molecule has 178 valence electrons. The maximum Gasteiger partial charge on any atom is 0.256 e. The molecule has 0 atom stereocenters. The largest absolute Gasteiger partial charge is 0.493 e. The van der Waals surface area contributed by atoms with Gasteiger partial charge in [-0.2, -0.15) is 0 Å². The molecule has 0 aliphatic heterocycles. The number of anilines is 2. The SMILES string of the molecule is COc1ccc(-c2cc(C(=O)Nc3ccc(NC(=O)C(C)C)cc3)c3ccccc3n2)cc1OC. The van der Waals surface area contributed by atoms with E-state index < -0.39 is 0 Å². The van der Waals surface area contributed by atoms with Crippen LogP contribution in [-0.2, 0) is 4.79 Å². The molecule has 0 aliphatic carbocycles. The number of rotatable bonds is 7. The minimum atomic E-state index is -0.260. The van der Waals surface area contributed by atoms with Gasteiger partial charge in [0.15, 0.2) is 11.5 Å². The highest BCUT2D eigenvalue weighted by atomic mass is 16.5. The Morgan fingerprint density at radius 3 is 2.11 bits per heavy atom. The number of amides is 2. The molecule has 1 aromatic heterocycles. The summed E-state index contributed by atoms with van der Waals surface area (Å²) in [6.45, 7) is 3.67. The highest BCUT2D eigenvalue weighted by molar-refractivity contribution is 6.13. The van der Waals surface area contributed by atoms with E-state index in [0.29, 0.717) is 39.6 Å². The normalized spacial score (nSPS) is 10.8. The van der Waals surface area contributed by atoms with Crippen LogP contribution >= 0.6 is 0 Å². The molecule has 0 unspecified atom stereocenters. The van der Waals surface area contributed by atoms with Crippen molar-refractivity contribution in [3.63, 3.8) is 0 Å². The van der Waals surface area contributed by atoms with Gasteiger partial charge in [0.25, 0.3) is 5.91 Å². The van der Waals surface area contributed by atoms with E-state index in [-0.39, 0.29) is 17.7 Å². The van der Waals surface area contributed by atoms with Gasteiger partial charge in [0.1, 0.15) is 0 Å². The molecule has 0 saturated carbocycles. The highest BCUT2D eigenvalue weighted by Gasteiger charge is 2.16. The number of nitrogens with one attached hydrogen (secondary N) is 2. The topological polar surface area (TPSA) is 89.6 Å². The number of pyridine rings is 1. The van der Waals surface area contributed by atoms with Crippen LogP contribution in [0.25, 0.3) is 22.2 Å². The van der Waals surface area contributed by atoms with Gasteiger partial charge in [-0.1, -0.05) is 32.0 Å². The summed E-state index contributed by atoms with van der Waals surface area (Å²) in [5.41, 5.74) is 3.93. The lowest BCUT2D eigenvalue weighted by Gasteiger charge is -2.13. The van der Waals surface area contributed by atoms with Crippen LogP contribution < -0.4 is 20.1 Å². The third-order valence-corrected chi connectivity index (χ3v) is 5.57. The van der Waals surface area contributed by atoms with Crippen molar-refractivity contribution < 1.29 is 19.1 Å². The van der Waals surface area contributed by atoms with Crippen LogP contribution in [0.4, 0.5) is 11.4 Å². The van der Waals surface area contributed by atoms with Crippen LogP contribution in [0.2, 0.25) is 0 Å². The summed E-state index contributed by atoms with van der Waals surface area (Å²) in [6.07, 6.45) is 0. The van der Waals surface area contributed by atoms with Crippen molar-refractivity contribution in [1.29, 1.82) is 0 Å². The van der Waals surface area contributed by atoms with Gasteiger partial charge in [0.05, 0.1) is 31.0 Å². The minimum absolute atomic E-state index is 0.0623. The first kappa shape index (κ1) is 23.8. The number of aromatic nitrogens is 1. The lowest BCUT2D eigenvalue weighted by Crippen LogP contribution is -2.17. The van der Waals surface area contributed by atoms with E-state index in [1.165, 1.54) is 0 Å². The first-order valence-corrected chi connectivity index (χ1v) is 11.2. The second kappa shape index (κ2) is 10.3. The van der Waals surface area contributed by atoms with Crippen molar-refractivity contribution in [2.75, 3.05) is 24.9 Å². The molecule has 35 heavy (non-hydrogen) atoms. The summed E-state index contributed by atoms with van der Waals surface area (Å²) in [5.74, 6) is 0.755. The number of methoxy groups -OCH3 is 2. The number of benzene rings is 3. The van der Waals surface area contributed by atoms with Crippen LogP contribution in [0.1, 0.15) is 24.2 Å². The van der Waals surface area contributed by atoms with Gasteiger partial charge < -0.3 is 20.1 Å². The summed E-state index contributed by atoms with van der Waals surface area (Å²) in [6, 6.07) is 21.8. The van der Waals surface area contributed by atoms with E-state index in [4.69, 9.17) is 14.5 Å². The zero-order valence-electron chi connectivity index (χ0n) is 20.1. The molecule has 1 heterocycles. The Hall–Kier alpha value is -4.39. The zero-order valence-corrected chi connectivity index (χ0v) is 20.1. The molecule has 0 radical (unpaired) electrons. The van der Waals surface area contributed by atoms with Crippen molar-refractivity contribution in [1.82, 2.24) is 4.98 Å². The number of para-hydroxylation sites is 1. The maximum absolute atomic E-state index is 13.3. The van der Waals surface area contributed by atoms with Crippen LogP contribution in [0.5, 0.6) is 11.5 Å². The monoisotopic (exact) mass is 469 g/mol. The molecule has 7 heteroatoms. The molecule has 2 N–H and O–H groups in total. The van der Waals surface area contributed by atoms with E-state index >= 15 is 0 Å². The highest BCUT2D eigenvalue weighted by Crippen LogP contribution is 2.33. The Labute approximate surface area is 204 Å². The number of nitrogens with zero attached hydrogens (tertiary/aromatic N) is 1. The summed E-state index contributed by atoms with van der Waals surface area (Å²) in [5, 5.41) is 6.54. The Kier molecular flexibility index (Phi) is 6.96. The lowest BCUT2D eigenvalue weighted by molar-refractivity contribution is -0.118. The fourth-order valence-electron chi connectivity index (χ4n) is 3.63. The van der Waals surface area contributed by atoms with Crippen LogP contribution in [0.3, 0.4) is 0 Å². The molecule has 3 aromatic carbocycles. The molecule has 7 nitrogen and oxygen atoms in total. The van der Waals surface area contributed by atoms with Crippen molar-refractivity contribution >= 4 is 34.1 Å². The second-order valence-corrected chi connectivity index (χ2v) is 8.32. The van der Waals surface area contributed by atoms with Crippen LogP contribution in [-0.4, -0.2) is 31.0 Å². The van der Waals surface area contributed by atoms with E-state index in [1.807, 2.05) is 56.3 Å². The van der Waals surface area contributed by atoms with E-state index in [1.54, 1.807) is 44.6 Å². The molecule has 0 fully saturated rings. The quantitative estimate of drug-likeness (QED) is 0.359. The summed E-state index contributed by atoms with van der Waals surface area (Å²) in [4.78, 5) is 30.0. The first-order valence-electron chi connectivity index (χ1n) is 11.2. The number of hydrogen-bond acceptors (Lipinski definition) is 5. The molecule has 4 aromatic rings. The minimum Gasteiger partial charge on any atom is -0.493 e. The number of carbonyl (C=O) groups excluding carboxylic acids is 2. The van der Waals surface area contributed by atoms with Gasteiger partial charge in [-0.3, -0.25) is 9.59 Å². The van der Waals surface area contributed by atoms with Gasteiger partial charge in [-0.15, -0.1) is 0 Å². The van der Waals surface area contributed by atoms with E-state index in [0.717, 1.165) is 10.9 Å². The van der Waals surface area contributed by atoms with Gasteiger partial charge in [0, 0.05) is 28.2 Å². The average molecular weight is 470 g/mol. The van der Waals surface area contributed by atoms with E-state index in [2.05, 4.69) is 10.6 Å². The van der Waals surface area contributed by atoms with Gasteiger partial charge in [0.2, 0.25) is 5.91 Å². The smallest absolute Gasteiger partial charge is 0.256 e. The molecular weight excluding hydrogens is 442 g/mol. The summed E-state index contributed by atoms with van der Waals surface area (Å²) in [7, 11) is 3.16. The summed E-state index contributed by atoms with van der Waals surface area (Å²) >= 11 is 0. The van der Waals surface area contributed by atoms with E-state index in [9.17, 15) is 9.59 Å². The zero-order chi connectivity index (χ0) is 24.9. The van der Waals surface area contributed by atoms with Gasteiger partial charge in [-0.25, -0.2) is 4.98 Å². The van der Waals surface area contributed by atoms with Crippen LogP contribution in [0.15, 0.2) is 72.8 Å². The Morgan fingerprint density at radius 1 is 0.800 bits per heavy atom. The Balaban J connectivity index is 1.66. The Morgan fingerprint density at radius 2 is 1.46 bits per heavy atom. The molecular formula is C28H27N3O4. The molecule has 2 amide bonds. The summed E-state index contributed by atoms with van der Waals surface area (Å²) < 4.78 is 10.8. The fraction of sp³-hybridized carbons (Fsp3) is 0.179. The second-order valence-electron chi connectivity index (χ2n) is 8.32. The van der Waals surface area contributed by atoms with Gasteiger partial charge >= 0.3 is 0 Å². The third kappa shape index (κ3) is 5.24. The average Bonchev–Trinajstić information content (AvgIpc) is 2.88. The number of ether oxygens (including phenoxy) is 2. The predicted molar refractivity (Wildman–Crippen MR) is 138 cm³/mol. The van der Waals surface area contributed by atoms with Crippen molar-refractivity contribution in [2.45, 2.75) is 13.8 Å². The Bertz CT molecular complexity index is 1380. The number of hydrogen-bond donors (Lipinski definition) is 2. The van der Waals surface area contributed by atoms with Crippen molar-refractivity contribution in [3.8, 4) is 22.8 Å². The fourth-order valence-corrected chi connectivity index (χ4v) is 3.63. The van der Waals surface area contributed by atoms with Crippen molar-refractivity contribution in [3.05, 3.63) is 78.4 Å². The molecule has 0 bridgehead atoms. The third-order valence-electron chi connectivity index (χ3n) is 5.57. The maximum atomic E-state index is 13.3. The standard InChI is InChI=1S/C28H27N3O4/c1-17(2)27(32)29-19-10-12-20(13-11-19)30-28(33)22-16-24(31-23-8-6-5-7-21(22)23)18-9-14-25(34-3)26(15-18)35-4/h5-17H,1-4H3,(H,29,32)(H,30,33).